The molecular weight excluding hydrogens is 1070 g/mol. The number of hydrogen-bond donors (Lipinski definition) is 1. The van der Waals surface area contributed by atoms with E-state index in [-0.39, 0.29) is 11.8 Å². The number of amides is 2. The molecular formula is C64H81N3O2S7. The lowest BCUT2D eigenvalue weighted by atomic mass is 9.91. The third-order valence-electron chi connectivity index (χ3n) is 15.6. The van der Waals surface area contributed by atoms with Gasteiger partial charge in [-0.05, 0) is 87.1 Å². The number of thiophene rings is 5. The zero-order valence-electron chi connectivity index (χ0n) is 46.2. The fraction of sp³-hybridized carbons (Fsp3) is 0.531. The maximum absolute atomic E-state index is 13.3. The number of carbonyl (C=O) groups excluding carboxylic acids is 2. The molecule has 406 valence electrons. The van der Waals surface area contributed by atoms with Gasteiger partial charge in [0.1, 0.15) is 10.0 Å². The van der Waals surface area contributed by atoms with Crippen LogP contribution in [0.5, 0.6) is 0 Å². The van der Waals surface area contributed by atoms with Crippen LogP contribution in [0.3, 0.4) is 0 Å². The molecule has 8 heterocycles. The van der Waals surface area contributed by atoms with Crippen LogP contribution < -0.4 is 5.32 Å². The van der Waals surface area contributed by atoms with Crippen molar-refractivity contribution >= 4 is 112 Å². The van der Waals surface area contributed by atoms with Gasteiger partial charge < -0.3 is 0 Å². The zero-order chi connectivity index (χ0) is 53.0. The number of rotatable bonds is 33. The van der Waals surface area contributed by atoms with Crippen molar-refractivity contribution in [2.45, 2.75) is 208 Å². The number of carbonyl (C=O) groups is 2. The number of fused-ring (bicyclic) bond motifs is 3. The van der Waals surface area contributed by atoms with E-state index in [0.717, 1.165) is 75.5 Å². The molecule has 1 aromatic carbocycles. The highest BCUT2D eigenvalue weighted by Gasteiger charge is 2.35. The molecule has 1 aliphatic rings. The number of unbranched alkanes of at least 4 members (excludes halogenated alkanes) is 16. The van der Waals surface area contributed by atoms with Gasteiger partial charge in [-0.15, -0.1) is 79.4 Å². The van der Waals surface area contributed by atoms with Crippen LogP contribution in [0.4, 0.5) is 0 Å². The molecule has 0 aliphatic carbocycles. The van der Waals surface area contributed by atoms with Gasteiger partial charge in [-0.1, -0.05) is 182 Å². The monoisotopic (exact) mass is 1150 g/mol. The lowest BCUT2D eigenvalue weighted by Gasteiger charge is -2.16. The van der Waals surface area contributed by atoms with Crippen molar-refractivity contribution in [3.63, 3.8) is 0 Å². The van der Waals surface area contributed by atoms with Crippen molar-refractivity contribution in [2.24, 2.45) is 11.8 Å². The summed E-state index contributed by atoms with van der Waals surface area (Å²) in [5.41, 5.74) is 5.44. The molecule has 0 saturated carbocycles. The molecule has 2 atom stereocenters. The van der Waals surface area contributed by atoms with Crippen LogP contribution in [0.1, 0.15) is 222 Å². The Morgan fingerprint density at radius 1 is 0.408 bits per heavy atom. The maximum atomic E-state index is 13.3. The van der Waals surface area contributed by atoms with Crippen molar-refractivity contribution in [1.29, 1.82) is 0 Å². The molecule has 7 aromatic heterocycles. The molecule has 2 amide bonds. The fourth-order valence-electron chi connectivity index (χ4n) is 11.4. The van der Waals surface area contributed by atoms with E-state index in [1.54, 1.807) is 22.7 Å². The van der Waals surface area contributed by atoms with Crippen LogP contribution >= 0.6 is 79.4 Å². The van der Waals surface area contributed by atoms with Gasteiger partial charge in [0, 0.05) is 45.3 Å². The first-order valence-electron chi connectivity index (χ1n) is 29.3. The first-order valence-corrected chi connectivity index (χ1v) is 35.0. The van der Waals surface area contributed by atoms with Gasteiger partial charge in [-0.25, -0.2) is 9.97 Å². The third kappa shape index (κ3) is 14.0. The number of hydrogen-bond acceptors (Lipinski definition) is 11. The minimum Gasteiger partial charge on any atom is -0.288 e. The molecule has 0 fully saturated rings. The molecule has 8 aromatic rings. The van der Waals surface area contributed by atoms with Gasteiger partial charge in [-0.2, -0.15) is 0 Å². The first kappa shape index (κ1) is 57.3. The van der Waals surface area contributed by atoms with Gasteiger partial charge in [0.2, 0.25) is 0 Å². The normalized spacial score (nSPS) is 13.5. The van der Waals surface area contributed by atoms with Crippen LogP contribution in [0.15, 0.2) is 48.5 Å². The smallest absolute Gasteiger partial charge is 0.260 e. The molecule has 5 nitrogen and oxygen atoms in total. The second-order valence-corrected chi connectivity index (χ2v) is 29.7. The molecule has 1 N–H and O–H groups in total. The van der Waals surface area contributed by atoms with Gasteiger partial charge >= 0.3 is 0 Å². The van der Waals surface area contributed by atoms with Crippen molar-refractivity contribution in [2.75, 3.05) is 0 Å². The standard InChI is InChI=1S/C64H81N3O2S7/c1-7-11-15-19-21-25-29-43(27-23-17-13-9-3)39-45-32-35-50(72-45)63-65-56-53(47-34-31-41(5)70-47)59-57(54(60(56)76-63)48-37-38-49(74-48)58-55-52(42(6)71-58)61(68)67-62(55)69)66-64(75-59)51-36-33-46(73-51)40-44(28-24-18-14-10-4)30-26-22-20-16-12-8-2/h31-38,43-44H,7-30,39-40H2,1-6H3,(H,67,68,69). The van der Waals surface area contributed by atoms with Crippen LogP contribution in [0, 0.1) is 25.7 Å². The van der Waals surface area contributed by atoms with E-state index in [4.69, 9.17) is 9.97 Å². The summed E-state index contributed by atoms with van der Waals surface area (Å²) in [4.78, 5) is 49.5. The van der Waals surface area contributed by atoms with E-state index in [2.05, 4.69) is 88.5 Å². The highest BCUT2D eigenvalue weighted by atomic mass is 32.1. The van der Waals surface area contributed by atoms with E-state index in [1.807, 2.05) is 63.6 Å². The van der Waals surface area contributed by atoms with E-state index in [0.29, 0.717) is 11.1 Å². The number of thiazole rings is 2. The number of nitrogens with zero attached hydrogens (tertiary/aromatic N) is 2. The summed E-state index contributed by atoms with van der Waals surface area (Å²) in [5, 5.41) is 4.71. The maximum Gasteiger partial charge on any atom is 0.260 e. The Bertz CT molecular complexity index is 3020. The lowest BCUT2D eigenvalue weighted by molar-refractivity contribution is 0.0879. The summed E-state index contributed by atoms with van der Waals surface area (Å²) in [7, 11) is 0. The van der Waals surface area contributed by atoms with Crippen molar-refractivity contribution in [3.8, 4) is 50.4 Å². The zero-order valence-corrected chi connectivity index (χ0v) is 51.9. The quantitative estimate of drug-likeness (QED) is 0.0329. The molecule has 0 saturated heterocycles. The first-order chi connectivity index (χ1) is 37.2. The molecule has 0 bridgehead atoms. The lowest BCUT2D eigenvalue weighted by Crippen LogP contribution is -2.20. The van der Waals surface area contributed by atoms with E-state index >= 15 is 0 Å². The predicted octanol–water partition coefficient (Wildman–Crippen LogP) is 22.8. The number of aromatic nitrogens is 2. The predicted molar refractivity (Wildman–Crippen MR) is 339 cm³/mol. The second kappa shape index (κ2) is 28.2. The Hall–Kier alpha value is -3.36. The molecule has 9 rings (SSSR count). The number of benzene rings is 1. The topological polar surface area (TPSA) is 72.0 Å². The largest absolute Gasteiger partial charge is 0.288 e. The fourth-order valence-corrected chi connectivity index (χ4v) is 19.4. The molecule has 76 heavy (non-hydrogen) atoms. The molecule has 0 spiro atoms. The summed E-state index contributed by atoms with van der Waals surface area (Å²) >= 11 is 12.6. The molecule has 0 radical (unpaired) electrons. The molecule has 2 unspecified atom stereocenters. The SMILES string of the molecule is CCCCCCCCC(CCCCCC)Cc1ccc(-c2nc3c(-c4ccc(-c5sc(C)c6c5C(=O)NC6=O)s4)c4sc(-c5ccc(CC(CCCCCC)CCCCCCCC)s5)nc4c(-c4ccc(C)s4)c3s2)s1. The van der Waals surface area contributed by atoms with Gasteiger partial charge in [-0.3, -0.25) is 14.9 Å². The molecule has 1 aliphatic heterocycles. The summed E-state index contributed by atoms with van der Waals surface area (Å²) in [6.07, 6.45) is 34.4. The second-order valence-electron chi connectivity index (χ2n) is 21.7. The Morgan fingerprint density at radius 3 is 1.29 bits per heavy atom. The van der Waals surface area contributed by atoms with Crippen molar-refractivity contribution in [3.05, 3.63) is 79.2 Å². The van der Waals surface area contributed by atoms with E-state index in [9.17, 15) is 9.59 Å². The van der Waals surface area contributed by atoms with E-state index < -0.39 is 0 Å². The van der Waals surface area contributed by atoms with Crippen LogP contribution in [0.2, 0.25) is 0 Å². The Kier molecular flexibility index (Phi) is 21.3. The average Bonchev–Trinajstić information content (AvgIpc) is 4.29. The summed E-state index contributed by atoms with van der Waals surface area (Å²) in [6.45, 7) is 13.4. The van der Waals surface area contributed by atoms with Gasteiger partial charge in [0.15, 0.2) is 0 Å². The number of nitrogens with one attached hydrogen (secondary N) is 1. The number of imide groups is 1. The Balaban J connectivity index is 1.10. The minimum absolute atomic E-state index is 0.291. The van der Waals surface area contributed by atoms with Gasteiger partial charge in [0.05, 0.1) is 46.2 Å². The van der Waals surface area contributed by atoms with Crippen molar-refractivity contribution < 1.29 is 9.59 Å². The van der Waals surface area contributed by atoms with E-state index in [1.165, 1.54) is 194 Å². The summed E-state index contributed by atoms with van der Waals surface area (Å²) in [6, 6.07) is 18.4. The van der Waals surface area contributed by atoms with Crippen LogP contribution in [-0.4, -0.2) is 21.8 Å². The van der Waals surface area contributed by atoms with Gasteiger partial charge in [0.25, 0.3) is 11.8 Å². The highest BCUT2D eigenvalue weighted by molar-refractivity contribution is 7.29. The number of aryl methyl sites for hydroxylation is 2. The van der Waals surface area contributed by atoms with Crippen LogP contribution in [-0.2, 0) is 12.8 Å². The summed E-state index contributed by atoms with van der Waals surface area (Å²) in [5.74, 6) is 0.862. The van der Waals surface area contributed by atoms with Crippen LogP contribution in [0.25, 0.3) is 70.8 Å². The minimum atomic E-state index is -0.299. The van der Waals surface area contributed by atoms with Crippen molar-refractivity contribution in [1.82, 2.24) is 15.3 Å². The molecule has 12 heteroatoms. The Labute approximate surface area is 482 Å². The highest BCUT2D eigenvalue weighted by Crippen LogP contribution is 2.54. The Morgan fingerprint density at radius 2 is 0.816 bits per heavy atom. The summed E-state index contributed by atoms with van der Waals surface area (Å²) < 4.78 is 2.34. The average molecular weight is 1150 g/mol. The third-order valence-corrected chi connectivity index (χ3v) is 23.7.